The second-order valence-corrected chi connectivity index (χ2v) is 4.54. The molecule has 0 atom stereocenters. The Morgan fingerprint density at radius 3 is 2.73 bits per heavy atom. The van der Waals surface area contributed by atoms with Crippen molar-refractivity contribution in [1.82, 2.24) is 29.5 Å². The smallest absolute Gasteiger partial charge is 0.328 e. The van der Waals surface area contributed by atoms with Gasteiger partial charge in [0, 0.05) is 31.1 Å². The van der Waals surface area contributed by atoms with E-state index in [9.17, 15) is 4.79 Å². The third-order valence-electron chi connectivity index (χ3n) is 3.13. The van der Waals surface area contributed by atoms with Crippen molar-refractivity contribution in [3.8, 4) is 17.3 Å². The Hall–Kier alpha value is -2.81. The quantitative estimate of drug-likeness (QED) is 0.679. The molecule has 0 saturated carbocycles. The van der Waals surface area contributed by atoms with E-state index < -0.39 is 0 Å². The lowest BCUT2D eigenvalue weighted by atomic mass is 10.2. The second-order valence-electron chi connectivity index (χ2n) is 4.54. The number of rotatable bonds is 5. The average molecular weight is 302 g/mol. The van der Waals surface area contributed by atoms with Crippen LogP contribution >= 0.6 is 0 Å². The van der Waals surface area contributed by atoms with Gasteiger partial charge in [-0.2, -0.15) is 0 Å². The molecule has 0 spiro atoms. The van der Waals surface area contributed by atoms with Gasteiger partial charge in [-0.15, -0.1) is 0 Å². The third kappa shape index (κ3) is 2.53. The Labute approximate surface area is 124 Å². The number of methoxy groups -OCH3 is 1. The Balaban J connectivity index is 2.05. The summed E-state index contributed by atoms with van der Waals surface area (Å²) in [6, 6.07) is 0.263. The molecule has 3 aromatic heterocycles. The number of aromatic nitrogens is 6. The van der Waals surface area contributed by atoms with Crippen molar-refractivity contribution in [2.75, 3.05) is 13.7 Å². The van der Waals surface area contributed by atoms with E-state index in [1.807, 2.05) is 0 Å². The summed E-state index contributed by atoms with van der Waals surface area (Å²) in [5.74, 6) is 0. The molecular formula is C13H14N6O3. The third-order valence-corrected chi connectivity index (χ3v) is 3.13. The lowest BCUT2D eigenvalue weighted by Crippen LogP contribution is -2.17. The first-order chi connectivity index (χ1) is 10.7. The van der Waals surface area contributed by atoms with Crippen LogP contribution in [0.2, 0.25) is 0 Å². The Morgan fingerprint density at radius 1 is 1.27 bits per heavy atom. The molecular weight excluding hydrogens is 288 g/mol. The fraction of sp³-hybridized carbons (Fsp3) is 0.308. The molecule has 3 rings (SSSR count). The summed E-state index contributed by atoms with van der Waals surface area (Å²) in [7, 11) is 1.49. The standard InChI is InChI=1S/C13H14N6O3/c1-22-12-15-5-8(6-16-12)9-7-14-10-11(17-9)19(3-2-4-20)13(21)18-10/h5-7,20H,2-4H2,1H3,(H,14,18,21). The van der Waals surface area contributed by atoms with E-state index in [2.05, 4.69) is 24.9 Å². The molecule has 22 heavy (non-hydrogen) atoms. The summed E-state index contributed by atoms with van der Waals surface area (Å²) in [4.78, 5) is 31.2. The van der Waals surface area contributed by atoms with Crippen LogP contribution in [0.4, 0.5) is 0 Å². The number of hydrogen-bond acceptors (Lipinski definition) is 7. The normalized spacial score (nSPS) is 11.0. The predicted octanol–water partition coefficient (Wildman–Crippen LogP) is -0.0324. The highest BCUT2D eigenvalue weighted by Crippen LogP contribution is 2.17. The van der Waals surface area contributed by atoms with Gasteiger partial charge in [-0.05, 0) is 6.42 Å². The molecule has 3 heterocycles. The maximum Gasteiger partial charge on any atom is 0.328 e. The van der Waals surface area contributed by atoms with Gasteiger partial charge in [0.05, 0.1) is 19.0 Å². The first-order valence-corrected chi connectivity index (χ1v) is 6.65. The van der Waals surface area contributed by atoms with Gasteiger partial charge in [0.1, 0.15) is 0 Å². The molecule has 0 unspecified atom stereocenters. The zero-order chi connectivity index (χ0) is 15.5. The molecule has 0 radical (unpaired) electrons. The maximum atomic E-state index is 11.9. The zero-order valence-electron chi connectivity index (χ0n) is 11.9. The Morgan fingerprint density at radius 2 is 2.05 bits per heavy atom. The van der Waals surface area contributed by atoms with Crippen LogP contribution in [0.15, 0.2) is 23.4 Å². The van der Waals surface area contributed by atoms with Gasteiger partial charge in [-0.3, -0.25) is 9.55 Å². The number of aryl methyl sites for hydroxylation is 1. The number of aliphatic hydroxyl groups excluding tert-OH is 1. The van der Waals surface area contributed by atoms with E-state index in [4.69, 9.17) is 9.84 Å². The van der Waals surface area contributed by atoms with Gasteiger partial charge in [-0.1, -0.05) is 0 Å². The van der Waals surface area contributed by atoms with Crippen LogP contribution in [0.3, 0.4) is 0 Å². The van der Waals surface area contributed by atoms with Gasteiger partial charge in [0.25, 0.3) is 0 Å². The van der Waals surface area contributed by atoms with Gasteiger partial charge >= 0.3 is 11.7 Å². The number of imidazole rings is 1. The van der Waals surface area contributed by atoms with E-state index in [0.29, 0.717) is 35.5 Å². The first kappa shape index (κ1) is 14.1. The number of ether oxygens (including phenoxy) is 1. The number of aromatic amines is 1. The minimum Gasteiger partial charge on any atom is -0.467 e. The van der Waals surface area contributed by atoms with E-state index >= 15 is 0 Å². The van der Waals surface area contributed by atoms with Crippen molar-refractivity contribution < 1.29 is 9.84 Å². The second kappa shape index (κ2) is 5.90. The minimum atomic E-state index is -0.299. The highest BCUT2D eigenvalue weighted by Gasteiger charge is 2.11. The number of aliphatic hydroxyl groups is 1. The van der Waals surface area contributed by atoms with Crippen molar-refractivity contribution in [1.29, 1.82) is 0 Å². The molecule has 114 valence electrons. The highest BCUT2D eigenvalue weighted by atomic mass is 16.5. The fourth-order valence-electron chi connectivity index (χ4n) is 2.05. The van der Waals surface area contributed by atoms with Crippen LogP contribution in [0.1, 0.15) is 6.42 Å². The molecule has 0 aliphatic heterocycles. The van der Waals surface area contributed by atoms with E-state index in [0.717, 1.165) is 0 Å². The van der Waals surface area contributed by atoms with Crippen LogP contribution in [-0.2, 0) is 6.54 Å². The van der Waals surface area contributed by atoms with Crippen LogP contribution in [-0.4, -0.2) is 48.3 Å². The molecule has 0 fully saturated rings. The van der Waals surface area contributed by atoms with Crippen LogP contribution in [0.5, 0.6) is 6.01 Å². The van der Waals surface area contributed by atoms with Crippen molar-refractivity contribution in [3.63, 3.8) is 0 Å². The molecule has 0 aliphatic rings. The molecule has 0 aliphatic carbocycles. The number of fused-ring (bicyclic) bond motifs is 1. The number of hydrogen-bond donors (Lipinski definition) is 2. The van der Waals surface area contributed by atoms with Gasteiger partial charge in [-0.25, -0.2) is 24.7 Å². The molecule has 0 saturated heterocycles. The van der Waals surface area contributed by atoms with Crippen LogP contribution in [0.25, 0.3) is 22.6 Å². The van der Waals surface area contributed by atoms with Gasteiger partial charge in [0.2, 0.25) is 0 Å². The van der Waals surface area contributed by atoms with Crippen molar-refractivity contribution >= 4 is 11.3 Å². The molecule has 9 heteroatoms. The van der Waals surface area contributed by atoms with Gasteiger partial charge in [0.15, 0.2) is 11.3 Å². The van der Waals surface area contributed by atoms with Crippen molar-refractivity contribution in [3.05, 3.63) is 29.1 Å². The lowest BCUT2D eigenvalue weighted by molar-refractivity contribution is 0.280. The van der Waals surface area contributed by atoms with E-state index in [1.165, 1.54) is 11.7 Å². The maximum absolute atomic E-state index is 11.9. The topological polar surface area (TPSA) is 119 Å². The molecule has 0 bridgehead atoms. The Bertz CT molecular complexity index is 839. The van der Waals surface area contributed by atoms with E-state index in [1.54, 1.807) is 18.6 Å². The van der Waals surface area contributed by atoms with Crippen LogP contribution < -0.4 is 10.4 Å². The predicted molar refractivity (Wildman–Crippen MR) is 77.4 cm³/mol. The monoisotopic (exact) mass is 302 g/mol. The highest BCUT2D eigenvalue weighted by molar-refractivity contribution is 5.70. The molecule has 3 aromatic rings. The van der Waals surface area contributed by atoms with Crippen molar-refractivity contribution in [2.45, 2.75) is 13.0 Å². The molecule has 0 aromatic carbocycles. The zero-order valence-corrected chi connectivity index (χ0v) is 11.9. The largest absolute Gasteiger partial charge is 0.467 e. The van der Waals surface area contributed by atoms with Gasteiger partial charge < -0.3 is 9.84 Å². The summed E-state index contributed by atoms with van der Waals surface area (Å²) in [6.07, 6.45) is 5.15. The van der Waals surface area contributed by atoms with Crippen molar-refractivity contribution in [2.24, 2.45) is 0 Å². The first-order valence-electron chi connectivity index (χ1n) is 6.65. The molecule has 2 N–H and O–H groups in total. The summed E-state index contributed by atoms with van der Waals surface area (Å²) < 4.78 is 6.36. The SMILES string of the molecule is COc1ncc(-c2cnc3[nH]c(=O)n(CCCO)c3n2)cn1. The fourth-order valence-corrected chi connectivity index (χ4v) is 2.05. The number of nitrogens with one attached hydrogen (secondary N) is 1. The molecule has 0 amide bonds. The minimum absolute atomic E-state index is 0.00144. The summed E-state index contributed by atoms with van der Waals surface area (Å²) >= 11 is 0. The number of nitrogens with zero attached hydrogens (tertiary/aromatic N) is 5. The molecule has 9 nitrogen and oxygen atoms in total. The number of H-pyrrole nitrogens is 1. The van der Waals surface area contributed by atoms with E-state index in [-0.39, 0.29) is 18.3 Å². The lowest BCUT2D eigenvalue weighted by Gasteiger charge is -2.03. The summed E-state index contributed by atoms with van der Waals surface area (Å²) in [6.45, 7) is 0.366. The Kier molecular flexibility index (Phi) is 3.79. The summed E-state index contributed by atoms with van der Waals surface area (Å²) in [5, 5.41) is 8.92. The van der Waals surface area contributed by atoms with Crippen LogP contribution in [0, 0.1) is 0 Å². The average Bonchev–Trinajstić information content (AvgIpc) is 2.87. The summed E-state index contributed by atoms with van der Waals surface area (Å²) in [5.41, 5.74) is 1.75.